The fourth-order valence-electron chi connectivity index (χ4n) is 3.73. The molecule has 2 aromatic rings. The van der Waals surface area contributed by atoms with Gasteiger partial charge < -0.3 is 19.9 Å². The SMILES string of the molecule is CCCCOc1ccc(CC(=O)Nc2ccc(N3CCC(N(C)C(C)=O)C3)cc2)cc1. The Morgan fingerprint density at radius 2 is 1.84 bits per heavy atom. The molecule has 2 aromatic carbocycles. The Morgan fingerprint density at radius 3 is 2.48 bits per heavy atom. The third-order valence-corrected chi connectivity index (χ3v) is 5.78. The Kier molecular flexibility index (Phi) is 7.93. The molecule has 0 radical (unpaired) electrons. The van der Waals surface area contributed by atoms with E-state index >= 15 is 0 Å². The van der Waals surface area contributed by atoms with Crippen LogP contribution in [-0.4, -0.2) is 49.5 Å². The topological polar surface area (TPSA) is 61.9 Å². The molecule has 1 saturated heterocycles. The highest BCUT2D eigenvalue weighted by atomic mass is 16.5. The Hall–Kier alpha value is -3.02. The second-order valence-electron chi connectivity index (χ2n) is 8.14. The van der Waals surface area contributed by atoms with Crippen LogP contribution in [-0.2, 0) is 16.0 Å². The number of nitrogens with one attached hydrogen (secondary N) is 1. The fourth-order valence-corrected chi connectivity index (χ4v) is 3.73. The van der Waals surface area contributed by atoms with Crippen molar-refractivity contribution in [1.29, 1.82) is 0 Å². The summed E-state index contributed by atoms with van der Waals surface area (Å²) in [6, 6.07) is 15.9. The van der Waals surface area contributed by atoms with Gasteiger partial charge in [0.1, 0.15) is 5.75 Å². The minimum Gasteiger partial charge on any atom is -0.494 e. The van der Waals surface area contributed by atoms with Crippen molar-refractivity contribution in [2.24, 2.45) is 0 Å². The van der Waals surface area contributed by atoms with Crippen LogP contribution in [0.3, 0.4) is 0 Å². The van der Waals surface area contributed by atoms with E-state index in [9.17, 15) is 9.59 Å². The molecule has 166 valence electrons. The summed E-state index contributed by atoms with van der Waals surface area (Å²) in [5, 5.41) is 2.97. The van der Waals surface area contributed by atoms with Gasteiger partial charge >= 0.3 is 0 Å². The number of hydrogen-bond donors (Lipinski definition) is 1. The first-order valence-electron chi connectivity index (χ1n) is 11.1. The number of hydrogen-bond acceptors (Lipinski definition) is 4. The molecule has 1 atom stereocenters. The summed E-state index contributed by atoms with van der Waals surface area (Å²) in [6.07, 6.45) is 3.44. The quantitative estimate of drug-likeness (QED) is 0.617. The lowest BCUT2D eigenvalue weighted by atomic mass is 10.1. The van der Waals surface area contributed by atoms with Gasteiger partial charge in [-0.2, -0.15) is 0 Å². The third kappa shape index (κ3) is 6.48. The van der Waals surface area contributed by atoms with Gasteiger partial charge in [-0.1, -0.05) is 25.5 Å². The molecule has 0 bridgehead atoms. The number of anilines is 2. The normalized spacial score (nSPS) is 15.6. The molecule has 1 unspecified atom stereocenters. The monoisotopic (exact) mass is 423 g/mol. The number of carbonyl (C=O) groups excluding carboxylic acids is 2. The van der Waals surface area contributed by atoms with Crippen LogP contribution in [0, 0.1) is 0 Å². The van der Waals surface area contributed by atoms with E-state index in [2.05, 4.69) is 17.1 Å². The van der Waals surface area contributed by atoms with Crippen LogP contribution in [0.1, 0.15) is 38.7 Å². The second-order valence-corrected chi connectivity index (χ2v) is 8.14. The van der Waals surface area contributed by atoms with Crippen molar-refractivity contribution in [2.45, 2.75) is 45.6 Å². The number of rotatable bonds is 9. The van der Waals surface area contributed by atoms with Gasteiger partial charge in [0.25, 0.3) is 0 Å². The molecule has 0 aromatic heterocycles. The summed E-state index contributed by atoms with van der Waals surface area (Å²) < 4.78 is 5.66. The number of ether oxygens (including phenoxy) is 1. The van der Waals surface area contributed by atoms with Crippen LogP contribution in [0.15, 0.2) is 48.5 Å². The number of amides is 2. The van der Waals surface area contributed by atoms with Crippen LogP contribution >= 0.6 is 0 Å². The third-order valence-electron chi connectivity index (χ3n) is 5.78. The average molecular weight is 424 g/mol. The first-order valence-corrected chi connectivity index (χ1v) is 11.1. The van der Waals surface area contributed by atoms with Crippen molar-refractivity contribution in [3.63, 3.8) is 0 Å². The van der Waals surface area contributed by atoms with E-state index in [1.54, 1.807) is 6.92 Å². The lowest BCUT2D eigenvalue weighted by Crippen LogP contribution is -2.37. The maximum absolute atomic E-state index is 12.4. The van der Waals surface area contributed by atoms with Gasteiger partial charge in [0.05, 0.1) is 19.1 Å². The van der Waals surface area contributed by atoms with Crippen LogP contribution < -0.4 is 15.0 Å². The maximum Gasteiger partial charge on any atom is 0.228 e. The highest BCUT2D eigenvalue weighted by Gasteiger charge is 2.27. The van der Waals surface area contributed by atoms with Gasteiger partial charge in [0.2, 0.25) is 11.8 Å². The summed E-state index contributed by atoms with van der Waals surface area (Å²) in [7, 11) is 1.86. The van der Waals surface area contributed by atoms with Crippen LogP contribution in [0.25, 0.3) is 0 Å². The standard InChI is InChI=1S/C25H33N3O3/c1-4-5-16-31-24-12-6-20(7-13-24)17-25(30)26-21-8-10-22(11-9-21)28-15-14-23(18-28)27(3)19(2)29/h6-13,23H,4-5,14-18H2,1-3H3,(H,26,30). The van der Waals surface area contributed by atoms with Gasteiger partial charge in [-0.15, -0.1) is 0 Å². The second kappa shape index (κ2) is 10.8. The molecule has 3 rings (SSSR count). The lowest BCUT2D eigenvalue weighted by Gasteiger charge is -2.24. The maximum atomic E-state index is 12.4. The van der Waals surface area contributed by atoms with E-state index in [1.807, 2.05) is 60.5 Å². The van der Waals surface area contributed by atoms with E-state index in [1.165, 1.54) is 0 Å². The number of benzene rings is 2. The summed E-state index contributed by atoms with van der Waals surface area (Å²) in [5.41, 5.74) is 2.84. The minimum atomic E-state index is -0.0447. The number of carbonyl (C=O) groups is 2. The molecule has 0 spiro atoms. The predicted molar refractivity (Wildman–Crippen MR) is 125 cm³/mol. The Bertz CT molecular complexity index is 865. The van der Waals surface area contributed by atoms with E-state index in [-0.39, 0.29) is 17.9 Å². The molecule has 1 N–H and O–H groups in total. The zero-order chi connectivity index (χ0) is 22.2. The summed E-state index contributed by atoms with van der Waals surface area (Å²) in [5.74, 6) is 0.895. The predicted octanol–water partition coefficient (Wildman–Crippen LogP) is 4.10. The molecule has 6 nitrogen and oxygen atoms in total. The van der Waals surface area contributed by atoms with Gasteiger partial charge in [-0.3, -0.25) is 9.59 Å². The lowest BCUT2D eigenvalue weighted by molar-refractivity contribution is -0.129. The van der Waals surface area contributed by atoms with Crippen molar-refractivity contribution in [3.8, 4) is 5.75 Å². The zero-order valence-corrected chi connectivity index (χ0v) is 18.8. The van der Waals surface area contributed by atoms with Gasteiger partial charge in [-0.25, -0.2) is 0 Å². The molecular weight excluding hydrogens is 390 g/mol. The summed E-state index contributed by atoms with van der Waals surface area (Å²) in [4.78, 5) is 28.1. The highest BCUT2D eigenvalue weighted by Crippen LogP contribution is 2.24. The molecule has 0 saturated carbocycles. The molecule has 1 aliphatic heterocycles. The van der Waals surface area contributed by atoms with Gasteiger partial charge in [-0.05, 0) is 54.8 Å². The Labute approximate surface area is 185 Å². The Morgan fingerprint density at radius 1 is 1.13 bits per heavy atom. The number of nitrogens with zero attached hydrogens (tertiary/aromatic N) is 2. The molecule has 1 heterocycles. The van der Waals surface area contributed by atoms with Crippen LogP contribution in [0.4, 0.5) is 11.4 Å². The van der Waals surface area contributed by atoms with Crippen molar-refractivity contribution < 1.29 is 14.3 Å². The van der Waals surface area contributed by atoms with Crippen LogP contribution in [0.2, 0.25) is 0 Å². The molecular formula is C25H33N3O3. The molecule has 0 aliphatic carbocycles. The summed E-state index contributed by atoms with van der Waals surface area (Å²) in [6.45, 7) is 6.22. The first kappa shape index (κ1) is 22.7. The highest BCUT2D eigenvalue weighted by molar-refractivity contribution is 5.92. The Balaban J connectivity index is 1.48. The molecule has 2 amide bonds. The number of likely N-dealkylation sites (N-methyl/N-ethyl adjacent to an activating group) is 1. The number of unbranched alkanes of at least 4 members (excludes halogenated alkanes) is 1. The first-order chi connectivity index (χ1) is 15.0. The van der Waals surface area contributed by atoms with Crippen LogP contribution in [0.5, 0.6) is 5.75 Å². The summed E-state index contributed by atoms with van der Waals surface area (Å²) >= 11 is 0. The molecule has 1 aliphatic rings. The molecule has 1 fully saturated rings. The van der Waals surface area contributed by atoms with E-state index in [4.69, 9.17) is 4.74 Å². The van der Waals surface area contributed by atoms with Crippen molar-refractivity contribution in [2.75, 3.05) is 37.0 Å². The van der Waals surface area contributed by atoms with E-state index in [0.29, 0.717) is 6.42 Å². The largest absolute Gasteiger partial charge is 0.494 e. The smallest absolute Gasteiger partial charge is 0.228 e. The average Bonchev–Trinajstić information content (AvgIpc) is 3.25. The zero-order valence-electron chi connectivity index (χ0n) is 18.8. The van der Waals surface area contributed by atoms with Crippen molar-refractivity contribution >= 4 is 23.2 Å². The van der Waals surface area contributed by atoms with Crippen molar-refractivity contribution in [3.05, 3.63) is 54.1 Å². The van der Waals surface area contributed by atoms with Crippen molar-refractivity contribution in [1.82, 2.24) is 4.90 Å². The van der Waals surface area contributed by atoms with Gasteiger partial charge in [0, 0.05) is 38.4 Å². The fraction of sp³-hybridized carbons (Fsp3) is 0.440. The van der Waals surface area contributed by atoms with Gasteiger partial charge in [0.15, 0.2) is 0 Å². The van der Waals surface area contributed by atoms with E-state index < -0.39 is 0 Å². The van der Waals surface area contributed by atoms with E-state index in [0.717, 1.165) is 61.6 Å². The molecule has 31 heavy (non-hydrogen) atoms. The molecule has 6 heteroatoms. The minimum absolute atomic E-state index is 0.0447.